The van der Waals surface area contributed by atoms with Crippen LogP contribution >= 0.6 is 35.6 Å². The van der Waals surface area contributed by atoms with Crippen LogP contribution in [0, 0.1) is 5.82 Å². The molecule has 2 N–H and O–H groups in total. The molecule has 0 unspecified atom stereocenters. The fourth-order valence-electron chi connectivity index (χ4n) is 2.76. The van der Waals surface area contributed by atoms with Crippen molar-refractivity contribution in [3.05, 3.63) is 63.9 Å². The maximum atomic E-state index is 13.8. The van der Waals surface area contributed by atoms with E-state index in [9.17, 15) is 4.39 Å². The maximum Gasteiger partial charge on any atom is 0.191 e. The van der Waals surface area contributed by atoms with Gasteiger partial charge in [-0.3, -0.25) is 4.99 Å². The Bertz CT molecular complexity index is 787. The molecule has 0 fully saturated rings. The van der Waals surface area contributed by atoms with E-state index in [1.165, 1.54) is 17.7 Å². The minimum absolute atomic E-state index is 0. The van der Waals surface area contributed by atoms with Crippen molar-refractivity contribution < 1.29 is 13.9 Å². The Morgan fingerprint density at radius 3 is 2.74 bits per heavy atom. The van der Waals surface area contributed by atoms with Gasteiger partial charge in [0, 0.05) is 36.3 Å². The predicted octanol–water partition coefficient (Wildman–Crippen LogP) is 3.87. The molecule has 0 radical (unpaired) electrons. The van der Waals surface area contributed by atoms with Gasteiger partial charge in [0.15, 0.2) is 12.8 Å². The molecule has 0 atom stereocenters. The molecule has 5 nitrogen and oxygen atoms in total. The summed E-state index contributed by atoms with van der Waals surface area (Å²) in [6.45, 7) is 1.65. The van der Waals surface area contributed by atoms with Crippen molar-refractivity contribution >= 4 is 41.5 Å². The summed E-state index contributed by atoms with van der Waals surface area (Å²) in [5.74, 6) is 1.02. The summed E-state index contributed by atoms with van der Waals surface area (Å²) in [6.07, 6.45) is 0.841. The molecule has 0 aromatic heterocycles. The van der Waals surface area contributed by atoms with E-state index in [2.05, 4.69) is 15.6 Å². The Hall–Kier alpha value is -1.58. The van der Waals surface area contributed by atoms with E-state index in [0.717, 1.165) is 22.6 Å². The molecular formula is C19H22ClFIN3O2. The molecule has 0 spiro atoms. The highest BCUT2D eigenvalue weighted by atomic mass is 127. The fourth-order valence-corrected chi connectivity index (χ4v) is 2.89. The van der Waals surface area contributed by atoms with Crippen LogP contribution in [0.4, 0.5) is 4.39 Å². The van der Waals surface area contributed by atoms with Crippen molar-refractivity contribution in [2.45, 2.75) is 19.6 Å². The molecule has 3 rings (SSSR count). The van der Waals surface area contributed by atoms with Gasteiger partial charge < -0.3 is 20.1 Å². The number of hydrogen-bond acceptors (Lipinski definition) is 3. The Balaban J connectivity index is 0.00000261. The van der Waals surface area contributed by atoms with Crippen LogP contribution in [-0.2, 0) is 24.3 Å². The van der Waals surface area contributed by atoms with E-state index in [4.69, 9.17) is 21.1 Å². The predicted molar refractivity (Wildman–Crippen MR) is 115 cm³/mol. The third-order valence-corrected chi connectivity index (χ3v) is 4.29. The van der Waals surface area contributed by atoms with Gasteiger partial charge in [0.25, 0.3) is 0 Å². The number of guanidine groups is 1. The summed E-state index contributed by atoms with van der Waals surface area (Å²) in [7, 11) is 1.70. The van der Waals surface area contributed by atoms with Crippen molar-refractivity contribution in [3.8, 4) is 5.75 Å². The molecule has 0 aliphatic carbocycles. The third kappa shape index (κ3) is 6.22. The number of benzene rings is 2. The lowest BCUT2D eigenvalue weighted by molar-refractivity contribution is -0.0172. The van der Waals surface area contributed by atoms with Crippen molar-refractivity contribution in [2.75, 3.05) is 20.4 Å². The minimum Gasteiger partial charge on any atom is -0.467 e. The van der Waals surface area contributed by atoms with Crippen molar-refractivity contribution in [1.29, 1.82) is 0 Å². The molecule has 0 saturated heterocycles. The second-order valence-corrected chi connectivity index (χ2v) is 6.33. The molecule has 1 aliphatic heterocycles. The van der Waals surface area contributed by atoms with Gasteiger partial charge in [-0.1, -0.05) is 23.7 Å². The number of hydrogen-bond donors (Lipinski definition) is 2. The molecule has 0 bridgehead atoms. The Kier molecular flexibility index (Phi) is 8.59. The highest BCUT2D eigenvalue weighted by Crippen LogP contribution is 2.29. The van der Waals surface area contributed by atoms with Gasteiger partial charge in [-0.2, -0.15) is 0 Å². The molecule has 2 aromatic rings. The van der Waals surface area contributed by atoms with Crippen LogP contribution in [0.1, 0.15) is 16.7 Å². The van der Waals surface area contributed by atoms with Gasteiger partial charge in [0.2, 0.25) is 0 Å². The smallest absolute Gasteiger partial charge is 0.191 e. The zero-order chi connectivity index (χ0) is 18.4. The summed E-state index contributed by atoms with van der Waals surface area (Å²) < 4.78 is 24.5. The van der Waals surface area contributed by atoms with Crippen LogP contribution in [0.25, 0.3) is 0 Å². The highest BCUT2D eigenvalue weighted by Gasteiger charge is 2.17. The summed E-state index contributed by atoms with van der Waals surface area (Å²) in [5.41, 5.74) is 2.65. The maximum absolute atomic E-state index is 13.8. The number of rotatable bonds is 5. The minimum atomic E-state index is -0.305. The van der Waals surface area contributed by atoms with Gasteiger partial charge in [0.1, 0.15) is 11.6 Å². The average Bonchev–Trinajstić information content (AvgIpc) is 2.65. The second kappa shape index (κ2) is 10.7. The van der Waals surface area contributed by atoms with Crippen molar-refractivity contribution in [3.63, 3.8) is 0 Å². The zero-order valence-corrected chi connectivity index (χ0v) is 18.0. The third-order valence-electron chi connectivity index (χ3n) is 4.04. The van der Waals surface area contributed by atoms with Crippen molar-refractivity contribution in [1.82, 2.24) is 10.6 Å². The lowest BCUT2D eigenvalue weighted by atomic mass is 10.1. The zero-order valence-electron chi connectivity index (χ0n) is 14.9. The molecule has 27 heavy (non-hydrogen) atoms. The monoisotopic (exact) mass is 505 g/mol. The van der Waals surface area contributed by atoms with Crippen LogP contribution < -0.4 is 15.4 Å². The van der Waals surface area contributed by atoms with E-state index < -0.39 is 0 Å². The number of nitrogens with one attached hydrogen (secondary N) is 2. The topological polar surface area (TPSA) is 54.9 Å². The first-order valence-electron chi connectivity index (χ1n) is 8.36. The average molecular weight is 506 g/mol. The molecule has 2 aromatic carbocycles. The van der Waals surface area contributed by atoms with Gasteiger partial charge in [-0.15, -0.1) is 24.0 Å². The summed E-state index contributed by atoms with van der Waals surface area (Å²) >= 11 is 5.89. The molecule has 1 aliphatic rings. The largest absolute Gasteiger partial charge is 0.467 e. The lowest BCUT2D eigenvalue weighted by Gasteiger charge is -2.21. The van der Waals surface area contributed by atoms with Crippen LogP contribution in [0.5, 0.6) is 5.75 Å². The Morgan fingerprint density at radius 2 is 2.00 bits per heavy atom. The molecule has 1 heterocycles. The van der Waals surface area contributed by atoms with E-state index in [0.29, 0.717) is 31.4 Å². The number of aliphatic imine (C=N–C) groups is 1. The van der Waals surface area contributed by atoms with Gasteiger partial charge in [-0.05, 0) is 36.2 Å². The molecule has 0 saturated carbocycles. The SMILES string of the molecule is CN=C(NCCc1ccc(Cl)cc1)NCc1cc(F)cc2c1OCOC2.I. The van der Waals surface area contributed by atoms with E-state index in [1.807, 2.05) is 24.3 Å². The van der Waals surface area contributed by atoms with Gasteiger partial charge in [0.05, 0.1) is 6.61 Å². The van der Waals surface area contributed by atoms with Crippen LogP contribution in [0.2, 0.25) is 5.02 Å². The van der Waals surface area contributed by atoms with Gasteiger partial charge >= 0.3 is 0 Å². The fraction of sp³-hybridized carbons (Fsp3) is 0.316. The quantitative estimate of drug-likeness (QED) is 0.368. The molecule has 8 heteroatoms. The highest BCUT2D eigenvalue weighted by molar-refractivity contribution is 14.0. The van der Waals surface area contributed by atoms with Crippen molar-refractivity contribution in [2.24, 2.45) is 4.99 Å². The molecule has 146 valence electrons. The Labute approximate surface area is 180 Å². The molecule has 0 amide bonds. The second-order valence-electron chi connectivity index (χ2n) is 5.89. The van der Waals surface area contributed by atoms with E-state index in [-0.39, 0.29) is 36.6 Å². The van der Waals surface area contributed by atoms with Crippen LogP contribution in [0.15, 0.2) is 41.4 Å². The number of nitrogens with zero attached hydrogens (tertiary/aromatic N) is 1. The summed E-state index contributed by atoms with van der Waals surface area (Å²) in [6, 6.07) is 10.7. The summed E-state index contributed by atoms with van der Waals surface area (Å²) in [5, 5.41) is 7.16. The normalized spacial score (nSPS) is 13.2. The number of fused-ring (bicyclic) bond motifs is 1. The standard InChI is InChI=1S/C19H21ClFN3O2.HI/c1-22-19(23-7-6-13-2-4-16(20)5-3-13)24-10-14-8-17(21)9-15-11-25-12-26-18(14)15;/h2-5,8-9H,6-7,10-12H2,1H3,(H2,22,23,24);1H. The number of halogens is 3. The first-order chi connectivity index (χ1) is 12.7. The van der Waals surface area contributed by atoms with Crippen LogP contribution in [0.3, 0.4) is 0 Å². The van der Waals surface area contributed by atoms with E-state index in [1.54, 1.807) is 7.05 Å². The van der Waals surface area contributed by atoms with E-state index >= 15 is 0 Å². The molecular weight excluding hydrogens is 484 g/mol. The van der Waals surface area contributed by atoms with Crippen LogP contribution in [-0.4, -0.2) is 26.3 Å². The first-order valence-corrected chi connectivity index (χ1v) is 8.74. The number of ether oxygens (including phenoxy) is 2. The lowest BCUT2D eigenvalue weighted by Crippen LogP contribution is -2.38. The first kappa shape index (κ1) is 21.7. The Morgan fingerprint density at radius 1 is 1.22 bits per heavy atom. The van der Waals surface area contributed by atoms with Gasteiger partial charge in [-0.25, -0.2) is 4.39 Å². The summed E-state index contributed by atoms with van der Waals surface area (Å²) in [4.78, 5) is 4.20.